The van der Waals surface area contributed by atoms with Crippen molar-refractivity contribution in [3.05, 3.63) is 5.01 Å². The molecule has 1 aliphatic heterocycles. The molecule has 0 aromatic carbocycles. The van der Waals surface area contributed by atoms with Gasteiger partial charge in [0.15, 0.2) is 0 Å². The molecule has 5 heteroatoms. The average Bonchev–Trinajstić information content (AvgIpc) is 2.66. The summed E-state index contributed by atoms with van der Waals surface area (Å²) in [7, 11) is 0. The molecule has 1 saturated heterocycles. The van der Waals surface area contributed by atoms with Crippen molar-refractivity contribution in [2.75, 3.05) is 18.4 Å². The lowest BCUT2D eigenvalue weighted by Gasteiger charge is -2.24. The molecule has 1 aromatic heterocycles. The number of hydrogen-bond acceptors (Lipinski definition) is 5. The number of nitrogens with one attached hydrogen (secondary N) is 1. The van der Waals surface area contributed by atoms with Crippen LogP contribution < -0.4 is 5.32 Å². The Kier molecular flexibility index (Phi) is 4.95. The number of aryl methyl sites for hydroxylation is 1. The largest absolute Gasteiger partial charge is 0.357 e. The SMILES string of the molecule is CCc1nnc(NC2CCCN(C(C)C)CC2)s1. The van der Waals surface area contributed by atoms with Gasteiger partial charge in [0.05, 0.1) is 0 Å². The van der Waals surface area contributed by atoms with Crippen molar-refractivity contribution in [3.8, 4) is 0 Å². The molecule has 1 unspecified atom stereocenters. The topological polar surface area (TPSA) is 41.1 Å². The van der Waals surface area contributed by atoms with Crippen molar-refractivity contribution in [3.63, 3.8) is 0 Å². The number of anilines is 1. The van der Waals surface area contributed by atoms with E-state index in [1.807, 2.05) is 0 Å². The van der Waals surface area contributed by atoms with Gasteiger partial charge < -0.3 is 10.2 Å². The quantitative estimate of drug-likeness (QED) is 0.911. The molecule has 0 saturated carbocycles. The van der Waals surface area contributed by atoms with Gasteiger partial charge in [-0.3, -0.25) is 0 Å². The minimum atomic E-state index is 0.561. The fourth-order valence-electron chi connectivity index (χ4n) is 2.41. The zero-order valence-corrected chi connectivity index (χ0v) is 12.5. The summed E-state index contributed by atoms with van der Waals surface area (Å²) in [6.45, 7) is 9.11. The highest BCUT2D eigenvalue weighted by atomic mass is 32.1. The smallest absolute Gasteiger partial charge is 0.205 e. The lowest BCUT2D eigenvalue weighted by molar-refractivity contribution is 0.230. The van der Waals surface area contributed by atoms with Crippen LogP contribution in [0.25, 0.3) is 0 Å². The average molecular weight is 268 g/mol. The molecule has 1 atom stereocenters. The van der Waals surface area contributed by atoms with Gasteiger partial charge in [0, 0.05) is 18.6 Å². The van der Waals surface area contributed by atoms with E-state index >= 15 is 0 Å². The summed E-state index contributed by atoms with van der Waals surface area (Å²) in [5.74, 6) is 0. The Morgan fingerprint density at radius 3 is 2.83 bits per heavy atom. The monoisotopic (exact) mass is 268 g/mol. The van der Waals surface area contributed by atoms with Crippen LogP contribution in [0.1, 0.15) is 45.0 Å². The summed E-state index contributed by atoms with van der Waals surface area (Å²) >= 11 is 1.69. The summed E-state index contributed by atoms with van der Waals surface area (Å²) < 4.78 is 0. The van der Waals surface area contributed by atoms with E-state index in [1.165, 1.54) is 32.4 Å². The van der Waals surface area contributed by atoms with Crippen LogP contribution in [0.3, 0.4) is 0 Å². The Hall–Kier alpha value is -0.680. The third-order valence-electron chi connectivity index (χ3n) is 3.59. The molecule has 0 spiro atoms. The Bertz CT molecular complexity index is 364. The van der Waals surface area contributed by atoms with Crippen molar-refractivity contribution in [2.45, 2.75) is 58.5 Å². The standard InChI is InChI=1S/C13H24N4S/c1-4-12-15-16-13(18-12)14-11-6-5-8-17(9-7-11)10(2)3/h10-11H,4-9H2,1-3H3,(H,14,16). The minimum absolute atomic E-state index is 0.561. The molecule has 18 heavy (non-hydrogen) atoms. The summed E-state index contributed by atoms with van der Waals surface area (Å²) in [5, 5.41) is 14.0. The highest BCUT2D eigenvalue weighted by Gasteiger charge is 2.19. The third kappa shape index (κ3) is 3.65. The van der Waals surface area contributed by atoms with E-state index < -0.39 is 0 Å². The van der Waals surface area contributed by atoms with Crippen LogP contribution in [0.15, 0.2) is 0 Å². The van der Waals surface area contributed by atoms with Crippen LogP contribution in [0, 0.1) is 0 Å². The predicted molar refractivity (Wildman–Crippen MR) is 77.3 cm³/mol. The maximum atomic E-state index is 4.21. The van der Waals surface area contributed by atoms with Crippen LogP contribution in [0.2, 0.25) is 0 Å². The van der Waals surface area contributed by atoms with Crippen LogP contribution in [0.5, 0.6) is 0 Å². The van der Waals surface area contributed by atoms with E-state index in [-0.39, 0.29) is 0 Å². The van der Waals surface area contributed by atoms with E-state index in [1.54, 1.807) is 11.3 Å². The zero-order valence-electron chi connectivity index (χ0n) is 11.6. The Morgan fingerprint density at radius 2 is 2.17 bits per heavy atom. The molecule has 1 fully saturated rings. The first-order valence-electron chi connectivity index (χ1n) is 7.02. The molecule has 0 radical (unpaired) electrons. The van der Waals surface area contributed by atoms with Crippen LogP contribution >= 0.6 is 11.3 Å². The first kappa shape index (κ1) is 13.7. The number of hydrogen-bond donors (Lipinski definition) is 1. The lowest BCUT2D eigenvalue weighted by Crippen LogP contribution is -2.32. The molecule has 1 aromatic rings. The second-order valence-corrected chi connectivity index (χ2v) is 6.32. The molecule has 2 heterocycles. The number of rotatable bonds is 4. The van der Waals surface area contributed by atoms with E-state index in [9.17, 15) is 0 Å². The Labute approximate surface area is 114 Å². The van der Waals surface area contributed by atoms with E-state index in [0.29, 0.717) is 12.1 Å². The molecule has 0 amide bonds. The highest BCUT2D eigenvalue weighted by molar-refractivity contribution is 7.15. The van der Waals surface area contributed by atoms with E-state index in [4.69, 9.17) is 0 Å². The predicted octanol–water partition coefficient (Wildman–Crippen LogP) is 2.78. The van der Waals surface area contributed by atoms with Gasteiger partial charge >= 0.3 is 0 Å². The molecule has 0 aliphatic carbocycles. The molecule has 1 aliphatic rings. The van der Waals surface area contributed by atoms with Crippen molar-refractivity contribution in [2.24, 2.45) is 0 Å². The molecule has 2 rings (SSSR count). The van der Waals surface area contributed by atoms with Gasteiger partial charge in [-0.2, -0.15) is 0 Å². The van der Waals surface area contributed by atoms with Gasteiger partial charge in [-0.15, -0.1) is 10.2 Å². The second kappa shape index (κ2) is 6.48. The first-order valence-corrected chi connectivity index (χ1v) is 7.83. The van der Waals surface area contributed by atoms with Crippen molar-refractivity contribution < 1.29 is 0 Å². The Balaban J connectivity index is 1.86. The van der Waals surface area contributed by atoms with Crippen LogP contribution in [-0.2, 0) is 6.42 Å². The molecule has 102 valence electrons. The van der Waals surface area contributed by atoms with Gasteiger partial charge in [0.1, 0.15) is 5.01 Å². The summed E-state index contributed by atoms with van der Waals surface area (Å²) in [6.07, 6.45) is 4.70. The van der Waals surface area contributed by atoms with Gasteiger partial charge in [-0.25, -0.2) is 0 Å². The fourth-order valence-corrected chi connectivity index (χ4v) is 3.17. The van der Waals surface area contributed by atoms with Crippen molar-refractivity contribution >= 4 is 16.5 Å². The Morgan fingerprint density at radius 1 is 1.33 bits per heavy atom. The van der Waals surface area contributed by atoms with Gasteiger partial charge in [-0.1, -0.05) is 18.3 Å². The van der Waals surface area contributed by atoms with E-state index in [2.05, 4.69) is 41.2 Å². The fraction of sp³-hybridized carbons (Fsp3) is 0.846. The van der Waals surface area contributed by atoms with Gasteiger partial charge in [-0.05, 0) is 46.1 Å². The molecular formula is C13H24N4S. The summed E-state index contributed by atoms with van der Waals surface area (Å²) in [6, 6.07) is 1.23. The van der Waals surface area contributed by atoms with Crippen molar-refractivity contribution in [1.29, 1.82) is 0 Å². The normalized spacial score (nSPS) is 22.1. The molecule has 1 N–H and O–H groups in total. The highest BCUT2D eigenvalue weighted by Crippen LogP contribution is 2.21. The van der Waals surface area contributed by atoms with Crippen LogP contribution in [0.4, 0.5) is 5.13 Å². The maximum absolute atomic E-state index is 4.21. The number of nitrogens with zero attached hydrogens (tertiary/aromatic N) is 3. The first-order chi connectivity index (χ1) is 8.69. The van der Waals surface area contributed by atoms with Crippen molar-refractivity contribution in [1.82, 2.24) is 15.1 Å². The third-order valence-corrected chi connectivity index (χ3v) is 4.59. The van der Waals surface area contributed by atoms with Crippen LogP contribution in [-0.4, -0.2) is 40.3 Å². The second-order valence-electron chi connectivity index (χ2n) is 5.26. The lowest BCUT2D eigenvalue weighted by atomic mass is 10.1. The molecule has 4 nitrogen and oxygen atoms in total. The van der Waals surface area contributed by atoms with E-state index in [0.717, 1.165) is 16.6 Å². The number of aromatic nitrogens is 2. The maximum Gasteiger partial charge on any atom is 0.205 e. The van der Waals surface area contributed by atoms with Gasteiger partial charge in [0.25, 0.3) is 0 Å². The van der Waals surface area contributed by atoms with Gasteiger partial charge in [0.2, 0.25) is 5.13 Å². The summed E-state index contributed by atoms with van der Waals surface area (Å²) in [5.41, 5.74) is 0. The molecule has 0 bridgehead atoms. The number of likely N-dealkylation sites (tertiary alicyclic amines) is 1. The molecular weight excluding hydrogens is 244 g/mol. The zero-order chi connectivity index (χ0) is 13.0. The summed E-state index contributed by atoms with van der Waals surface area (Å²) in [4.78, 5) is 2.57. The minimum Gasteiger partial charge on any atom is -0.357 e.